The molecule has 0 aromatic heterocycles. The first-order valence-electron chi connectivity index (χ1n) is 11.9. The van der Waals surface area contributed by atoms with E-state index >= 15 is 0 Å². The zero-order chi connectivity index (χ0) is 24.7. The number of nitrogens with one attached hydrogen (secondary N) is 1. The number of nitrogens with zero attached hydrogens (tertiary/aromatic N) is 1. The first-order valence-corrected chi connectivity index (χ1v) is 11.9. The van der Waals surface area contributed by atoms with Gasteiger partial charge in [-0.25, -0.2) is 4.79 Å². The zero-order valence-electron chi connectivity index (χ0n) is 20.1. The van der Waals surface area contributed by atoms with E-state index in [0.717, 1.165) is 0 Å². The number of carbonyl (C=O) groups is 3. The van der Waals surface area contributed by atoms with Crippen molar-refractivity contribution in [1.29, 1.82) is 0 Å². The highest BCUT2D eigenvalue weighted by molar-refractivity contribution is 5.79. The lowest BCUT2D eigenvalue weighted by atomic mass is 9.98. The molecule has 2 atom stereocenters. The van der Waals surface area contributed by atoms with Crippen molar-refractivity contribution in [3.8, 4) is 11.1 Å². The van der Waals surface area contributed by atoms with Gasteiger partial charge in [0.05, 0.1) is 5.92 Å². The standard InChI is InChI=1S/C27H34N2O5/c1-4-29(16-19(3)26(31)32)25(30)15-18(2)13-14-28-27(33)34-17-24-22-11-7-5-9-20(22)21-10-6-8-12-23(21)24/h5-12,18-19,24H,4,13-17H2,1-3H3,(H,28,33)(H,31,32). The minimum Gasteiger partial charge on any atom is -0.481 e. The number of rotatable bonds is 11. The summed E-state index contributed by atoms with van der Waals surface area (Å²) in [4.78, 5) is 37.5. The number of carboxylic acid groups (broad SMARTS) is 1. The van der Waals surface area contributed by atoms with Crippen LogP contribution < -0.4 is 5.32 Å². The Labute approximate surface area is 201 Å². The molecule has 7 nitrogen and oxygen atoms in total. The average molecular weight is 467 g/mol. The first kappa shape index (κ1) is 25.3. The van der Waals surface area contributed by atoms with Gasteiger partial charge in [0.15, 0.2) is 0 Å². The maximum absolute atomic E-state index is 12.5. The molecular weight excluding hydrogens is 432 g/mol. The summed E-state index contributed by atoms with van der Waals surface area (Å²) in [6.45, 7) is 6.74. The van der Waals surface area contributed by atoms with E-state index in [1.54, 1.807) is 11.8 Å². The Morgan fingerprint density at radius 1 is 1.03 bits per heavy atom. The molecule has 2 aromatic carbocycles. The van der Waals surface area contributed by atoms with Gasteiger partial charge in [-0.3, -0.25) is 9.59 Å². The Morgan fingerprint density at radius 2 is 1.62 bits per heavy atom. The highest BCUT2D eigenvalue weighted by Crippen LogP contribution is 2.44. The van der Waals surface area contributed by atoms with Crippen LogP contribution in [0.15, 0.2) is 48.5 Å². The molecule has 7 heteroatoms. The van der Waals surface area contributed by atoms with Crippen molar-refractivity contribution in [3.05, 3.63) is 59.7 Å². The minimum atomic E-state index is -0.911. The van der Waals surface area contributed by atoms with Crippen LogP contribution in [0.25, 0.3) is 11.1 Å². The van der Waals surface area contributed by atoms with E-state index in [9.17, 15) is 14.4 Å². The molecule has 2 amide bonds. The third-order valence-corrected chi connectivity index (χ3v) is 6.42. The van der Waals surface area contributed by atoms with Crippen LogP contribution in [-0.4, -0.2) is 54.2 Å². The second-order valence-electron chi connectivity index (χ2n) is 9.02. The van der Waals surface area contributed by atoms with Gasteiger partial charge in [-0.05, 0) is 41.5 Å². The van der Waals surface area contributed by atoms with Crippen LogP contribution in [0.1, 0.15) is 50.7 Å². The molecule has 2 unspecified atom stereocenters. The molecule has 2 aromatic rings. The summed E-state index contributed by atoms with van der Waals surface area (Å²) in [5.74, 6) is -1.51. The van der Waals surface area contributed by atoms with E-state index in [2.05, 4.69) is 29.6 Å². The summed E-state index contributed by atoms with van der Waals surface area (Å²) in [5.41, 5.74) is 4.71. The van der Waals surface area contributed by atoms with Crippen molar-refractivity contribution in [2.75, 3.05) is 26.2 Å². The third kappa shape index (κ3) is 6.16. The average Bonchev–Trinajstić information content (AvgIpc) is 3.14. The Kier molecular flexibility index (Phi) is 8.68. The monoisotopic (exact) mass is 466 g/mol. The molecule has 0 radical (unpaired) electrons. The zero-order valence-corrected chi connectivity index (χ0v) is 20.1. The van der Waals surface area contributed by atoms with Gasteiger partial charge in [0.1, 0.15) is 6.61 Å². The molecule has 0 bridgehead atoms. The van der Waals surface area contributed by atoms with Crippen molar-refractivity contribution >= 4 is 18.0 Å². The van der Waals surface area contributed by atoms with Crippen molar-refractivity contribution in [1.82, 2.24) is 10.2 Å². The van der Waals surface area contributed by atoms with Gasteiger partial charge in [-0.15, -0.1) is 0 Å². The van der Waals surface area contributed by atoms with Gasteiger partial charge >= 0.3 is 12.1 Å². The second kappa shape index (κ2) is 11.7. The Bertz CT molecular complexity index is 976. The number of carbonyl (C=O) groups excluding carboxylic acids is 2. The normalized spacial score (nSPS) is 14.0. The Morgan fingerprint density at radius 3 is 2.18 bits per heavy atom. The molecule has 0 saturated heterocycles. The van der Waals surface area contributed by atoms with E-state index in [1.807, 2.05) is 38.1 Å². The lowest BCUT2D eigenvalue weighted by Crippen LogP contribution is -2.37. The van der Waals surface area contributed by atoms with Gasteiger partial charge in [0.2, 0.25) is 5.91 Å². The molecule has 0 spiro atoms. The number of hydrogen-bond acceptors (Lipinski definition) is 4. The highest BCUT2D eigenvalue weighted by Gasteiger charge is 2.29. The number of carboxylic acids is 1. The molecular formula is C27H34N2O5. The van der Waals surface area contributed by atoms with Gasteiger partial charge < -0.3 is 20.1 Å². The van der Waals surface area contributed by atoms with Gasteiger partial charge in [-0.2, -0.15) is 0 Å². The summed E-state index contributed by atoms with van der Waals surface area (Å²) in [6.07, 6.45) is 0.472. The van der Waals surface area contributed by atoms with Gasteiger partial charge in [0, 0.05) is 32.0 Å². The molecule has 34 heavy (non-hydrogen) atoms. The summed E-state index contributed by atoms with van der Waals surface area (Å²) in [5, 5.41) is 11.9. The molecule has 0 heterocycles. The number of benzene rings is 2. The Hall–Kier alpha value is -3.35. The maximum atomic E-state index is 12.5. The Balaban J connectivity index is 1.43. The van der Waals surface area contributed by atoms with E-state index in [-0.39, 0.29) is 30.9 Å². The van der Waals surface area contributed by atoms with Crippen molar-refractivity contribution in [2.45, 2.75) is 39.5 Å². The number of amides is 2. The predicted octanol–water partition coefficient (Wildman–Crippen LogP) is 4.51. The summed E-state index contributed by atoms with van der Waals surface area (Å²) < 4.78 is 5.54. The molecule has 3 rings (SSSR count). The largest absolute Gasteiger partial charge is 0.481 e. The van der Waals surface area contributed by atoms with Crippen molar-refractivity contribution < 1.29 is 24.2 Å². The SMILES string of the molecule is CCN(CC(C)C(=O)O)C(=O)CC(C)CCNC(=O)OCC1c2ccccc2-c2ccccc21. The fraction of sp³-hybridized carbons (Fsp3) is 0.444. The number of alkyl carbamates (subject to hydrolysis) is 1. The van der Waals surface area contributed by atoms with Crippen LogP contribution in [-0.2, 0) is 14.3 Å². The van der Waals surface area contributed by atoms with Crippen molar-refractivity contribution in [3.63, 3.8) is 0 Å². The molecule has 182 valence electrons. The third-order valence-electron chi connectivity index (χ3n) is 6.42. The van der Waals surface area contributed by atoms with E-state index in [1.165, 1.54) is 22.3 Å². The fourth-order valence-electron chi connectivity index (χ4n) is 4.42. The molecule has 1 aliphatic carbocycles. The van der Waals surface area contributed by atoms with Crippen LogP contribution in [0.4, 0.5) is 4.79 Å². The van der Waals surface area contributed by atoms with Crippen LogP contribution >= 0.6 is 0 Å². The molecule has 2 N–H and O–H groups in total. The molecule has 0 fully saturated rings. The fourth-order valence-corrected chi connectivity index (χ4v) is 4.42. The predicted molar refractivity (Wildman–Crippen MR) is 131 cm³/mol. The summed E-state index contributed by atoms with van der Waals surface area (Å²) >= 11 is 0. The lowest BCUT2D eigenvalue weighted by molar-refractivity contribution is -0.143. The highest BCUT2D eigenvalue weighted by atomic mass is 16.5. The quantitative estimate of drug-likeness (QED) is 0.508. The van der Waals surface area contributed by atoms with Crippen molar-refractivity contribution in [2.24, 2.45) is 11.8 Å². The number of hydrogen-bond donors (Lipinski definition) is 2. The maximum Gasteiger partial charge on any atom is 0.407 e. The number of ether oxygens (including phenoxy) is 1. The summed E-state index contributed by atoms with van der Waals surface area (Å²) in [6, 6.07) is 16.4. The molecule has 1 aliphatic rings. The second-order valence-corrected chi connectivity index (χ2v) is 9.02. The van der Waals surface area contributed by atoms with Crippen LogP contribution in [0.2, 0.25) is 0 Å². The smallest absolute Gasteiger partial charge is 0.407 e. The van der Waals surface area contributed by atoms with E-state index in [0.29, 0.717) is 25.9 Å². The van der Waals surface area contributed by atoms with Gasteiger partial charge in [0.25, 0.3) is 0 Å². The topological polar surface area (TPSA) is 95.9 Å². The van der Waals surface area contributed by atoms with Crippen LogP contribution in [0, 0.1) is 11.8 Å². The lowest BCUT2D eigenvalue weighted by Gasteiger charge is -2.24. The first-order chi connectivity index (χ1) is 16.3. The van der Waals surface area contributed by atoms with Gasteiger partial charge in [-0.1, -0.05) is 62.4 Å². The van der Waals surface area contributed by atoms with E-state index < -0.39 is 18.0 Å². The van der Waals surface area contributed by atoms with Crippen LogP contribution in [0.5, 0.6) is 0 Å². The van der Waals surface area contributed by atoms with Crippen LogP contribution in [0.3, 0.4) is 0 Å². The number of aliphatic carboxylic acids is 1. The molecule has 0 saturated carbocycles. The minimum absolute atomic E-state index is 0.0166. The number of fused-ring (bicyclic) bond motifs is 3. The molecule has 0 aliphatic heterocycles. The van der Waals surface area contributed by atoms with E-state index in [4.69, 9.17) is 9.84 Å². The summed E-state index contributed by atoms with van der Waals surface area (Å²) in [7, 11) is 0.